The summed E-state index contributed by atoms with van der Waals surface area (Å²) in [5, 5.41) is 2.87. The van der Waals surface area contributed by atoms with Crippen LogP contribution in [0, 0.1) is 19.7 Å². The Labute approximate surface area is 214 Å². The average Bonchev–Trinajstić information content (AvgIpc) is 2.75. The molecule has 0 radical (unpaired) electrons. The normalized spacial score (nSPS) is 12.7. The number of aryl methyl sites for hydroxylation is 2. The van der Waals surface area contributed by atoms with Crippen molar-refractivity contribution in [1.82, 2.24) is 10.2 Å². The smallest absolute Gasteiger partial charge is 0.242 e. The lowest BCUT2D eigenvalue weighted by Gasteiger charge is -2.32. The molecule has 36 heavy (non-hydrogen) atoms. The summed E-state index contributed by atoms with van der Waals surface area (Å²) in [6.07, 6.45) is 1.37. The van der Waals surface area contributed by atoms with E-state index in [2.05, 4.69) is 5.32 Å². The van der Waals surface area contributed by atoms with Gasteiger partial charge in [-0.15, -0.1) is 0 Å². The molecule has 0 bridgehead atoms. The van der Waals surface area contributed by atoms with Crippen LogP contribution in [0.2, 0.25) is 0 Å². The Morgan fingerprint density at radius 2 is 1.69 bits per heavy atom. The molecule has 1 atom stereocenters. The Bertz CT molecular complexity index is 1190. The van der Waals surface area contributed by atoms with Gasteiger partial charge in [0.1, 0.15) is 11.9 Å². The van der Waals surface area contributed by atoms with Gasteiger partial charge in [-0.2, -0.15) is 0 Å². The van der Waals surface area contributed by atoms with Gasteiger partial charge in [0.2, 0.25) is 21.8 Å². The lowest BCUT2D eigenvalue weighted by molar-refractivity contribution is -0.141. The van der Waals surface area contributed by atoms with Gasteiger partial charge in [-0.1, -0.05) is 24.3 Å². The maximum absolute atomic E-state index is 14.4. The van der Waals surface area contributed by atoms with Crippen LogP contribution >= 0.6 is 0 Å². The van der Waals surface area contributed by atoms with Crippen LogP contribution in [0.1, 0.15) is 57.2 Å². The topological polar surface area (TPSA) is 86.8 Å². The molecule has 198 valence electrons. The Morgan fingerprint density at radius 3 is 2.25 bits per heavy atom. The number of benzene rings is 2. The Kier molecular flexibility index (Phi) is 9.65. The third-order valence-corrected chi connectivity index (χ3v) is 7.09. The van der Waals surface area contributed by atoms with Crippen LogP contribution < -0.4 is 9.62 Å². The number of carbonyl (C=O) groups is 2. The fourth-order valence-electron chi connectivity index (χ4n) is 3.75. The predicted octanol–water partition coefficient (Wildman–Crippen LogP) is 4.32. The zero-order valence-electron chi connectivity index (χ0n) is 22.3. The molecule has 0 saturated carbocycles. The molecule has 0 unspecified atom stereocenters. The van der Waals surface area contributed by atoms with E-state index in [1.54, 1.807) is 31.2 Å². The van der Waals surface area contributed by atoms with E-state index in [0.29, 0.717) is 11.3 Å². The second kappa shape index (κ2) is 11.9. The Balaban J connectivity index is 2.22. The van der Waals surface area contributed by atoms with Crippen molar-refractivity contribution >= 4 is 27.5 Å². The lowest BCUT2D eigenvalue weighted by Crippen LogP contribution is -2.52. The van der Waals surface area contributed by atoms with E-state index in [4.69, 9.17) is 0 Å². The van der Waals surface area contributed by atoms with Crippen LogP contribution in [-0.4, -0.2) is 49.5 Å². The quantitative estimate of drug-likeness (QED) is 0.507. The highest BCUT2D eigenvalue weighted by atomic mass is 32.2. The fourth-order valence-corrected chi connectivity index (χ4v) is 4.71. The molecule has 0 aliphatic heterocycles. The second-order valence-corrected chi connectivity index (χ2v) is 12.1. The van der Waals surface area contributed by atoms with E-state index in [-0.39, 0.29) is 37.7 Å². The summed E-state index contributed by atoms with van der Waals surface area (Å²) in [6.45, 7) is 11.0. The molecule has 0 aliphatic rings. The van der Waals surface area contributed by atoms with Gasteiger partial charge in [0, 0.05) is 30.6 Å². The zero-order chi connectivity index (χ0) is 27.3. The van der Waals surface area contributed by atoms with Crippen molar-refractivity contribution in [3.63, 3.8) is 0 Å². The van der Waals surface area contributed by atoms with Crippen LogP contribution in [0.4, 0.5) is 10.1 Å². The number of amides is 2. The van der Waals surface area contributed by atoms with Gasteiger partial charge in [-0.3, -0.25) is 13.9 Å². The largest absolute Gasteiger partial charge is 0.350 e. The Morgan fingerprint density at radius 1 is 1.06 bits per heavy atom. The van der Waals surface area contributed by atoms with E-state index < -0.39 is 27.4 Å². The highest BCUT2D eigenvalue weighted by Crippen LogP contribution is 2.22. The van der Waals surface area contributed by atoms with Crippen LogP contribution in [0.5, 0.6) is 0 Å². The third-order valence-electron chi connectivity index (χ3n) is 5.89. The molecule has 2 amide bonds. The fraction of sp³-hybridized carbons (Fsp3) is 0.481. The van der Waals surface area contributed by atoms with Crippen LogP contribution in [-0.2, 0) is 26.2 Å². The van der Waals surface area contributed by atoms with E-state index in [1.807, 2.05) is 46.8 Å². The van der Waals surface area contributed by atoms with E-state index in [1.165, 1.54) is 15.3 Å². The van der Waals surface area contributed by atoms with Crippen LogP contribution in [0.3, 0.4) is 0 Å². The number of halogens is 1. The van der Waals surface area contributed by atoms with Crippen molar-refractivity contribution < 1.29 is 22.4 Å². The van der Waals surface area contributed by atoms with Crippen LogP contribution in [0.25, 0.3) is 0 Å². The first-order valence-electron chi connectivity index (χ1n) is 12.0. The summed E-state index contributed by atoms with van der Waals surface area (Å²) in [6, 6.07) is 10.7. The van der Waals surface area contributed by atoms with Crippen molar-refractivity contribution in [2.75, 3.05) is 17.1 Å². The number of anilines is 1. The number of rotatable bonds is 10. The standard InChI is InChI=1S/C27H38FN3O4S/c1-19-14-15-23(17-20(19)2)31(36(7,34)35)16-10-13-25(32)30(18-22-11-8-9-12-24(22)28)21(3)26(33)29-27(4,5)6/h8-9,11-12,14-15,17,21H,10,13,16,18H2,1-7H3,(H,29,33)/t21-/m1/s1. The number of hydrogen-bond acceptors (Lipinski definition) is 4. The second-order valence-electron chi connectivity index (χ2n) is 10.2. The van der Waals surface area contributed by atoms with Crippen LogP contribution in [0.15, 0.2) is 42.5 Å². The van der Waals surface area contributed by atoms with Gasteiger partial charge in [0.25, 0.3) is 0 Å². The summed E-state index contributed by atoms with van der Waals surface area (Å²) < 4.78 is 40.6. The highest BCUT2D eigenvalue weighted by Gasteiger charge is 2.29. The van der Waals surface area contributed by atoms with Crippen molar-refractivity contribution in [1.29, 1.82) is 0 Å². The van der Waals surface area contributed by atoms with Crippen molar-refractivity contribution in [3.8, 4) is 0 Å². The number of nitrogens with one attached hydrogen (secondary N) is 1. The van der Waals surface area contributed by atoms with Gasteiger partial charge in [-0.05, 0) is 77.3 Å². The summed E-state index contributed by atoms with van der Waals surface area (Å²) in [5.41, 5.74) is 2.35. The highest BCUT2D eigenvalue weighted by molar-refractivity contribution is 7.92. The minimum Gasteiger partial charge on any atom is -0.350 e. The molecule has 0 heterocycles. The molecular formula is C27H38FN3O4S. The van der Waals surface area contributed by atoms with E-state index >= 15 is 0 Å². The summed E-state index contributed by atoms with van der Waals surface area (Å²) in [4.78, 5) is 27.5. The SMILES string of the molecule is Cc1ccc(N(CCCC(=O)N(Cc2ccccc2F)[C@H](C)C(=O)NC(C)(C)C)S(C)(=O)=O)cc1C. The molecule has 0 spiro atoms. The maximum atomic E-state index is 14.4. The molecule has 9 heteroatoms. The number of carbonyl (C=O) groups excluding carboxylic acids is 2. The molecule has 2 aromatic carbocycles. The first kappa shape index (κ1) is 29.3. The monoisotopic (exact) mass is 519 g/mol. The molecule has 0 aliphatic carbocycles. The molecule has 2 aromatic rings. The number of hydrogen-bond donors (Lipinski definition) is 1. The maximum Gasteiger partial charge on any atom is 0.242 e. The molecule has 0 fully saturated rings. The summed E-state index contributed by atoms with van der Waals surface area (Å²) in [7, 11) is -3.58. The predicted molar refractivity (Wildman–Crippen MR) is 142 cm³/mol. The summed E-state index contributed by atoms with van der Waals surface area (Å²) in [5.74, 6) is -1.17. The lowest BCUT2D eigenvalue weighted by atomic mass is 10.1. The first-order valence-corrected chi connectivity index (χ1v) is 13.8. The van der Waals surface area contributed by atoms with Gasteiger partial charge in [-0.25, -0.2) is 12.8 Å². The van der Waals surface area contributed by atoms with Crippen molar-refractivity contribution in [3.05, 3.63) is 65.0 Å². The van der Waals surface area contributed by atoms with E-state index in [0.717, 1.165) is 17.4 Å². The molecule has 0 aromatic heterocycles. The van der Waals surface area contributed by atoms with E-state index in [9.17, 15) is 22.4 Å². The molecule has 2 rings (SSSR count). The molecule has 0 saturated heterocycles. The zero-order valence-corrected chi connectivity index (χ0v) is 23.1. The molecule has 7 nitrogen and oxygen atoms in total. The van der Waals surface area contributed by atoms with Gasteiger partial charge < -0.3 is 10.2 Å². The van der Waals surface area contributed by atoms with Crippen molar-refractivity contribution in [2.24, 2.45) is 0 Å². The minimum absolute atomic E-state index is 0.00153. The minimum atomic E-state index is -3.58. The Hall–Kier alpha value is -2.94. The number of sulfonamides is 1. The molecule has 1 N–H and O–H groups in total. The summed E-state index contributed by atoms with van der Waals surface area (Å²) >= 11 is 0. The average molecular weight is 520 g/mol. The first-order chi connectivity index (χ1) is 16.6. The van der Waals surface area contributed by atoms with Crippen molar-refractivity contribution in [2.45, 2.75) is 72.5 Å². The molecular weight excluding hydrogens is 481 g/mol. The number of nitrogens with zero attached hydrogens (tertiary/aromatic N) is 2. The van der Waals surface area contributed by atoms with Gasteiger partial charge >= 0.3 is 0 Å². The third kappa shape index (κ3) is 8.33. The van der Waals surface area contributed by atoms with Gasteiger partial charge in [0.05, 0.1) is 11.9 Å². The van der Waals surface area contributed by atoms with Gasteiger partial charge in [0.15, 0.2) is 0 Å².